The van der Waals surface area contributed by atoms with Gasteiger partial charge in [0.15, 0.2) is 5.82 Å². The van der Waals surface area contributed by atoms with Gasteiger partial charge in [-0.3, -0.25) is 0 Å². The first-order chi connectivity index (χ1) is 7.63. The largest absolute Gasteiger partial charge is 0.391 e. The fourth-order valence-corrected chi connectivity index (χ4v) is 1.82. The number of halogens is 1. The predicted molar refractivity (Wildman–Crippen MR) is 61.8 cm³/mol. The first-order valence-corrected chi connectivity index (χ1v) is 5.29. The number of aliphatic hydroxyl groups is 1. The van der Waals surface area contributed by atoms with E-state index in [4.69, 9.17) is 16.7 Å². The highest BCUT2D eigenvalue weighted by molar-refractivity contribution is 6.30. The highest BCUT2D eigenvalue weighted by Crippen LogP contribution is 2.22. The van der Waals surface area contributed by atoms with Gasteiger partial charge in [0.25, 0.3) is 0 Å². The molecule has 0 saturated heterocycles. The van der Waals surface area contributed by atoms with E-state index in [0.717, 1.165) is 11.3 Å². The van der Waals surface area contributed by atoms with Crippen molar-refractivity contribution in [2.24, 2.45) is 0 Å². The van der Waals surface area contributed by atoms with E-state index in [2.05, 4.69) is 10.1 Å². The number of rotatable bonds is 2. The Morgan fingerprint density at radius 3 is 2.75 bits per heavy atom. The van der Waals surface area contributed by atoms with Crippen LogP contribution in [0.4, 0.5) is 0 Å². The van der Waals surface area contributed by atoms with Gasteiger partial charge in [-0.15, -0.1) is 0 Å². The normalized spacial score (nSPS) is 10.8. The topological polar surface area (TPSA) is 50.9 Å². The molecule has 0 aliphatic carbocycles. The molecule has 2 aromatic rings. The third kappa shape index (κ3) is 1.81. The average Bonchev–Trinajstić information content (AvgIpc) is 2.54. The highest BCUT2D eigenvalue weighted by Gasteiger charge is 2.14. The van der Waals surface area contributed by atoms with Crippen molar-refractivity contribution in [3.05, 3.63) is 40.3 Å². The second-order valence-corrected chi connectivity index (χ2v) is 3.97. The van der Waals surface area contributed by atoms with Gasteiger partial charge in [0, 0.05) is 11.8 Å². The molecule has 0 aliphatic heterocycles. The van der Waals surface area contributed by atoms with E-state index in [-0.39, 0.29) is 6.61 Å². The molecule has 4 nitrogen and oxygen atoms in total. The van der Waals surface area contributed by atoms with Gasteiger partial charge in [-0.05, 0) is 31.5 Å². The van der Waals surface area contributed by atoms with Crippen molar-refractivity contribution in [3.8, 4) is 5.82 Å². The van der Waals surface area contributed by atoms with E-state index in [1.165, 1.54) is 4.68 Å². The van der Waals surface area contributed by atoms with Gasteiger partial charge in [0.2, 0.25) is 0 Å². The summed E-state index contributed by atoms with van der Waals surface area (Å²) in [6, 6.07) is 3.79. The molecule has 5 heteroatoms. The summed E-state index contributed by atoms with van der Waals surface area (Å²) in [6.07, 6.45) is 1.70. The van der Waals surface area contributed by atoms with Crippen LogP contribution in [0.3, 0.4) is 0 Å². The number of aromatic nitrogens is 3. The number of aliphatic hydroxyl groups excluding tert-OH is 1. The zero-order chi connectivity index (χ0) is 11.7. The van der Waals surface area contributed by atoms with Gasteiger partial charge in [-0.25, -0.2) is 9.67 Å². The van der Waals surface area contributed by atoms with Crippen LogP contribution in [0.5, 0.6) is 0 Å². The second kappa shape index (κ2) is 4.23. The van der Waals surface area contributed by atoms with Crippen LogP contribution < -0.4 is 0 Å². The minimum Gasteiger partial charge on any atom is -0.391 e. The maximum atomic E-state index is 9.16. The van der Waals surface area contributed by atoms with Crippen molar-refractivity contribution in [2.45, 2.75) is 20.5 Å². The molecule has 0 spiro atoms. The SMILES string of the molecule is Cc1ccnc(-n2nc(C)c(CO)c2Cl)c1. The maximum absolute atomic E-state index is 9.16. The number of nitrogens with zero attached hydrogens (tertiary/aromatic N) is 3. The van der Waals surface area contributed by atoms with Crippen LogP contribution in [-0.2, 0) is 6.61 Å². The molecule has 16 heavy (non-hydrogen) atoms. The van der Waals surface area contributed by atoms with Crippen LogP contribution in [-0.4, -0.2) is 19.9 Å². The summed E-state index contributed by atoms with van der Waals surface area (Å²) in [4.78, 5) is 4.19. The molecule has 0 aromatic carbocycles. The zero-order valence-corrected chi connectivity index (χ0v) is 9.86. The van der Waals surface area contributed by atoms with E-state index in [1.807, 2.05) is 26.0 Å². The Kier molecular flexibility index (Phi) is 2.94. The van der Waals surface area contributed by atoms with Crippen LogP contribution in [0.1, 0.15) is 16.8 Å². The van der Waals surface area contributed by atoms with Gasteiger partial charge in [0.05, 0.1) is 12.3 Å². The van der Waals surface area contributed by atoms with Gasteiger partial charge in [-0.2, -0.15) is 5.10 Å². The lowest BCUT2D eigenvalue weighted by Crippen LogP contribution is -2.00. The quantitative estimate of drug-likeness (QED) is 0.870. The molecule has 84 valence electrons. The molecule has 0 atom stereocenters. The lowest BCUT2D eigenvalue weighted by Gasteiger charge is -2.02. The van der Waals surface area contributed by atoms with Crippen LogP contribution in [0.15, 0.2) is 18.3 Å². The van der Waals surface area contributed by atoms with Crippen LogP contribution in [0.25, 0.3) is 5.82 Å². The molecule has 0 saturated carbocycles. The smallest absolute Gasteiger partial charge is 0.155 e. The molecule has 0 bridgehead atoms. The lowest BCUT2D eigenvalue weighted by atomic mass is 10.3. The van der Waals surface area contributed by atoms with E-state index in [0.29, 0.717) is 16.5 Å². The number of pyridine rings is 1. The van der Waals surface area contributed by atoms with Crippen molar-refractivity contribution in [2.75, 3.05) is 0 Å². The van der Waals surface area contributed by atoms with E-state index < -0.39 is 0 Å². The molecule has 0 amide bonds. The van der Waals surface area contributed by atoms with E-state index in [1.54, 1.807) is 6.20 Å². The molecule has 0 aliphatic rings. The average molecular weight is 238 g/mol. The molecule has 0 radical (unpaired) electrons. The van der Waals surface area contributed by atoms with Gasteiger partial charge < -0.3 is 5.11 Å². The number of hydrogen-bond donors (Lipinski definition) is 1. The monoisotopic (exact) mass is 237 g/mol. The Balaban J connectivity index is 2.56. The Hall–Kier alpha value is -1.39. The van der Waals surface area contributed by atoms with Crippen molar-refractivity contribution < 1.29 is 5.11 Å². The minimum absolute atomic E-state index is 0.115. The molecule has 2 rings (SSSR count). The summed E-state index contributed by atoms with van der Waals surface area (Å²) < 4.78 is 1.54. The van der Waals surface area contributed by atoms with Crippen molar-refractivity contribution in [1.29, 1.82) is 0 Å². The molecular weight excluding hydrogens is 226 g/mol. The van der Waals surface area contributed by atoms with E-state index >= 15 is 0 Å². The van der Waals surface area contributed by atoms with Crippen molar-refractivity contribution in [1.82, 2.24) is 14.8 Å². The first-order valence-electron chi connectivity index (χ1n) is 4.91. The fourth-order valence-electron chi connectivity index (χ4n) is 1.50. The zero-order valence-electron chi connectivity index (χ0n) is 9.11. The summed E-state index contributed by atoms with van der Waals surface area (Å²) in [5, 5.41) is 13.8. The first kappa shape index (κ1) is 11.1. The number of aryl methyl sites for hydroxylation is 2. The van der Waals surface area contributed by atoms with Crippen LogP contribution >= 0.6 is 11.6 Å². The van der Waals surface area contributed by atoms with Gasteiger partial charge in [0.1, 0.15) is 5.15 Å². The molecule has 2 aromatic heterocycles. The van der Waals surface area contributed by atoms with E-state index in [9.17, 15) is 0 Å². The van der Waals surface area contributed by atoms with Gasteiger partial charge in [-0.1, -0.05) is 11.6 Å². The van der Waals surface area contributed by atoms with Crippen molar-refractivity contribution >= 4 is 11.6 Å². The predicted octanol–water partition coefficient (Wildman–Crippen LogP) is 2.03. The molecule has 0 unspecified atom stereocenters. The third-order valence-electron chi connectivity index (χ3n) is 2.40. The number of hydrogen-bond acceptors (Lipinski definition) is 3. The Morgan fingerprint density at radius 1 is 1.44 bits per heavy atom. The maximum Gasteiger partial charge on any atom is 0.155 e. The van der Waals surface area contributed by atoms with Crippen molar-refractivity contribution in [3.63, 3.8) is 0 Å². The summed E-state index contributed by atoms with van der Waals surface area (Å²) in [5.41, 5.74) is 2.44. The van der Waals surface area contributed by atoms with Crippen LogP contribution in [0, 0.1) is 13.8 Å². The van der Waals surface area contributed by atoms with Crippen LogP contribution in [0.2, 0.25) is 5.15 Å². The molecule has 1 N–H and O–H groups in total. The third-order valence-corrected chi connectivity index (χ3v) is 2.79. The minimum atomic E-state index is -0.115. The standard InChI is InChI=1S/C11H12ClN3O/c1-7-3-4-13-10(5-7)15-11(12)9(6-16)8(2)14-15/h3-5,16H,6H2,1-2H3. The summed E-state index contributed by atoms with van der Waals surface area (Å²) in [7, 11) is 0. The summed E-state index contributed by atoms with van der Waals surface area (Å²) in [6.45, 7) is 3.67. The molecule has 0 fully saturated rings. The summed E-state index contributed by atoms with van der Waals surface area (Å²) >= 11 is 6.12. The fraction of sp³-hybridized carbons (Fsp3) is 0.273. The lowest BCUT2D eigenvalue weighted by molar-refractivity contribution is 0.281. The molecule has 2 heterocycles. The Morgan fingerprint density at radius 2 is 2.19 bits per heavy atom. The summed E-state index contributed by atoms with van der Waals surface area (Å²) in [5.74, 6) is 0.660. The van der Waals surface area contributed by atoms with Gasteiger partial charge >= 0.3 is 0 Å². The Labute approximate surface area is 98.5 Å². The second-order valence-electron chi connectivity index (χ2n) is 3.62. The Bertz CT molecular complexity index is 522. The highest BCUT2D eigenvalue weighted by atomic mass is 35.5. The molecular formula is C11H12ClN3O.